The molecule has 3 aliphatic rings. The monoisotopic (exact) mass is 190 g/mol. The number of hydrogen-bond acceptors (Lipinski definition) is 1. The second kappa shape index (κ2) is 3.51. The quantitative estimate of drug-likeness (QED) is 0.664. The van der Waals surface area contributed by atoms with Gasteiger partial charge in [0.15, 0.2) is 0 Å². The molecule has 0 amide bonds. The first-order chi connectivity index (χ1) is 4.75. The van der Waals surface area contributed by atoms with E-state index in [1.54, 1.807) is 0 Å². The summed E-state index contributed by atoms with van der Waals surface area (Å²) >= 11 is 0. The van der Waals surface area contributed by atoms with Gasteiger partial charge in [0.05, 0.1) is 0 Å². The molecule has 0 aromatic heterocycles. The maximum atomic E-state index is 3.56. The first-order valence-corrected chi connectivity index (χ1v) is 4.51. The van der Waals surface area contributed by atoms with E-state index < -0.39 is 0 Å². The van der Waals surface area contributed by atoms with Crippen LogP contribution in [0, 0.1) is 11.8 Å². The normalized spacial score (nSPS) is 41.2. The van der Waals surface area contributed by atoms with Gasteiger partial charge in [0, 0.05) is 30.6 Å². The molecule has 2 heterocycles. The Hall–Kier alpha value is 0.544. The second-order valence-corrected chi connectivity index (χ2v) is 4.27. The third-order valence-electron chi connectivity index (χ3n) is 3.16. The summed E-state index contributed by atoms with van der Waals surface area (Å²) < 4.78 is 0. The molecule has 2 bridgehead atoms. The first kappa shape index (κ1) is 9.63. The summed E-state index contributed by atoms with van der Waals surface area (Å²) in [4.78, 5) is 0. The number of piperidine rings is 1. The Kier molecular flexibility index (Phi) is 3.07. The minimum absolute atomic E-state index is 0. The predicted octanol–water partition coefficient (Wildman–Crippen LogP) is 1.78. The van der Waals surface area contributed by atoms with Crippen molar-refractivity contribution in [3.63, 3.8) is 0 Å². The van der Waals surface area contributed by atoms with E-state index in [9.17, 15) is 0 Å². The first-order valence-electron chi connectivity index (χ1n) is 4.51. The van der Waals surface area contributed by atoms with Crippen LogP contribution in [0.4, 0.5) is 0 Å². The molecule has 0 aromatic carbocycles. The topological polar surface area (TPSA) is 12.0 Å². The number of nitrogens with one attached hydrogen (secondary N) is 1. The predicted molar refractivity (Wildman–Crippen MR) is 42.9 cm³/mol. The van der Waals surface area contributed by atoms with Crippen molar-refractivity contribution in [2.24, 2.45) is 11.8 Å². The smallest absolute Gasteiger partial charge is 0.00872 e. The molecule has 63 valence electrons. The van der Waals surface area contributed by atoms with Crippen molar-refractivity contribution in [3.8, 4) is 0 Å². The number of hydrogen-bond donors (Lipinski definition) is 1. The Morgan fingerprint density at radius 1 is 1.09 bits per heavy atom. The molecule has 3 rings (SSSR count). The summed E-state index contributed by atoms with van der Waals surface area (Å²) in [5, 5.41) is 3.56. The van der Waals surface area contributed by atoms with Gasteiger partial charge in [0.25, 0.3) is 0 Å². The molecule has 2 heteroatoms. The second-order valence-electron chi connectivity index (χ2n) is 4.27. The summed E-state index contributed by atoms with van der Waals surface area (Å²) in [6, 6.07) is 1.79. The van der Waals surface area contributed by atoms with Crippen LogP contribution in [0.5, 0.6) is 0 Å². The molecule has 2 unspecified atom stereocenters. The van der Waals surface area contributed by atoms with E-state index in [0.29, 0.717) is 0 Å². The molecule has 0 aromatic rings. The van der Waals surface area contributed by atoms with E-state index in [2.05, 4.69) is 19.2 Å². The Balaban J connectivity index is 0.000000605. The van der Waals surface area contributed by atoms with Crippen LogP contribution in [0.15, 0.2) is 0 Å². The molecular formula is C9H17NV. The van der Waals surface area contributed by atoms with Gasteiger partial charge in [0.1, 0.15) is 0 Å². The van der Waals surface area contributed by atoms with Crippen molar-refractivity contribution in [2.45, 2.75) is 45.2 Å². The molecule has 1 aliphatic carbocycles. The van der Waals surface area contributed by atoms with Crippen LogP contribution in [0.1, 0.15) is 33.1 Å². The SMILES string of the molecule is CC(C)C1CC2CC(C1)N2.[V]. The van der Waals surface area contributed by atoms with Crippen LogP contribution in [-0.2, 0) is 18.6 Å². The standard InChI is InChI=1S/C9H17N.V/c1-6(2)7-3-8-5-9(4-7)10-8;/h6-10H,3-5H2,1-2H3;. The summed E-state index contributed by atoms with van der Waals surface area (Å²) in [6.45, 7) is 4.71. The Bertz CT molecular complexity index is 120. The summed E-state index contributed by atoms with van der Waals surface area (Å²) in [7, 11) is 0. The zero-order valence-electron chi connectivity index (χ0n) is 7.38. The fraction of sp³-hybridized carbons (Fsp3) is 1.00. The van der Waals surface area contributed by atoms with Crippen LogP contribution in [0.3, 0.4) is 0 Å². The average Bonchev–Trinajstić information content (AvgIpc) is 1.86. The van der Waals surface area contributed by atoms with Crippen LogP contribution in [-0.4, -0.2) is 12.1 Å². The summed E-state index contributed by atoms with van der Waals surface area (Å²) in [5.41, 5.74) is 0. The van der Waals surface area contributed by atoms with Gasteiger partial charge < -0.3 is 5.32 Å². The molecule has 11 heavy (non-hydrogen) atoms. The number of rotatable bonds is 1. The summed E-state index contributed by atoms with van der Waals surface area (Å²) in [6.07, 6.45) is 4.34. The van der Waals surface area contributed by atoms with Crippen molar-refractivity contribution in [2.75, 3.05) is 0 Å². The van der Waals surface area contributed by atoms with E-state index in [4.69, 9.17) is 0 Å². The third-order valence-corrected chi connectivity index (χ3v) is 3.16. The fourth-order valence-corrected chi connectivity index (χ4v) is 2.35. The van der Waals surface area contributed by atoms with E-state index in [1.165, 1.54) is 19.3 Å². The maximum Gasteiger partial charge on any atom is 0.00872 e. The zero-order valence-corrected chi connectivity index (χ0v) is 8.77. The molecule has 1 radical (unpaired) electrons. The molecule has 2 atom stereocenters. The van der Waals surface area contributed by atoms with E-state index in [-0.39, 0.29) is 18.6 Å². The van der Waals surface area contributed by atoms with Gasteiger partial charge in [-0.15, -0.1) is 0 Å². The molecular weight excluding hydrogens is 173 g/mol. The van der Waals surface area contributed by atoms with Crippen LogP contribution >= 0.6 is 0 Å². The Labute approximate surface area is 81.2 Å². The van der Waals surface area contributed by atoms with Gasteiger partial charge in [-0.05, 0) is 31.1 Å². The van der Waals surface area contributed by atoms with Gasteiger partial charge in [-0.1, -0.05) is 13.8 Å². The molecule has 2 aliphatic heterocycles. The van der Waals surface area contributed by atoms with Crippen molar-refractivity contribution in [1.82, 2.24) is 5.32 Å². The van der Waals surface area contributed by atoms with Gasteiger partial charge in [0.2, 0.25) is 0 Å². The molecule has 1 N–H and O–H groups in total. The van der Waals surface area contributed by atoms with Gasteiger partial charge in [-0.3, -0.25) is 0 Å². The van der Waals surface area contributed by atoms with Crippen molar-refractivity contribution in [1.29, 1.82) is 0 Å². The molecule has 0 spiro atoms. The van der Waals surface area contributed by atoms with E-state index in [1.807, 2.05) is 0 Å². The minimum Gasteiger partial charge on any atom is -0.311 e. The molecule has 1 saturated carbocycles. The molecule has 2 saturated heterocycles. The van der Waals surface area contributed by atoms with Gasteiger partial charge in [-0.2, -0.15) is 0 Å². The number of fused-ring (bicyclic) bond motifs is 2. The van der Waals surface area contributed by atoms with E-state index >= 15 is 0 Å². The van der Waals surface area contributed by atoms with Crippen molar-refractivity contribution < 1.29 is 18.6 Å². The fourth-order valence-electron chi connectivity index (χ4n) is 2.35. The van der Waals surface area contributed by atoms with Crippen molar-refractivity contribution >= 4 is 0 Å². The van der Waals surface area contributed by atoms with Crippen LogP contribution in [0.2, 0.25) is 0 Å². The largest absolute Gasteiger partial charge is 0.311 e. The minimum atomic E-state index is 0. The molecule has 1 nitrogen and oxygen atoms in total. The average molecular weight is 190 g/mol. The Morgan fingerprint density at radius 2 is 1.55 bits per heavy atom. The summed E-state index contributed by atoms with van der Waals surface area (Å²) in [5.74, 6) is 1.93. The van der Waals surface area contributed by atoms with Crippen molar-refractivity contribution in [3.05, 3.63) is 0 Å². The van der Waals surface area contributed by atoms with E-state index in [0.717, 1.165) is 23.9 Å². The van der Waals surface area contributed by atoms with Gasteiger partial charge in [-0.25, -0.2) is 0 Å². The Morgan fingerprint density at radius 3 is 1.82 bits per heavy atom. The van der Waals surface area contributed by atoms with Gasteiger partial charge >= 0.3 is 0 Å². The van der Waals surface area contributed by atoms with Crippen LogP contribution in [0.25, 0.3) is 0 Å². The molecule has 3 fully saturated rings. The zero-order chi connectivity index (χ0) is 7.14. The third kappa shape index (κ3) is 1.82. The maximum absolute atomic E-state index is 3.56. The van der Waals surface area contributed by atoms with Crippen LogP contribution < -0.4 is 5.32 Å².